The van der Waals surface area contributed by atoms with E-state index in [2.05, 4.69) is 33.5 Å². The van der Waals surface area contributed by atoms with Gasteiger partial charge in [-0.3, -0.25) is 19.6 Å². The normalized spacial score (nSPS) is 20.6. The van der Waals surface area contributed by atoms with Crippen LogP contribution in [0.5, 0.6) is 0 Å². The molecule has 2 heterocycles. The monoisotopic (exact) mass is 470 g/mol. The third kappa shape index (κ3) is 7.06. The fraction of sp³-hybridized carbons (Fsp3) is 0.577. The number of hydrogen-bond donors (Lipinski definition) is 4. The predicted octanol–water partition coefficient (Wildman–Crippen LogP) is 3.24. The zero-order valence-electron chi connectivity index (χ0n) is 20.3. The number of amides is 3. The minimum absolute atomic E-state index is 0.136. The molecule has 1 aliphatic carbocycles. The van der Waals surface area contributed by atoms with Crippen LogP contribution < -0.4 is 16.1 Å². The van der Waals surface area contributed by atoms with E-state index in [-0.39, 0.29) is 24.2 Å². The molecule has 1 aromatic heterocycles. The number of carbonyl (C=O) groups is 3. The summed E-state index contributed by atoms with van der Waals surface area (Å²) < 4.78 is 2.32. The van der Waals surface area contributed by atoms with Gasteiger partial charge in [-0.1, -0.05) is 38.5 Å². The molecule has 2 aliphatic rings. The Balaban J connectivity index is 1.87. The molecule has 8 heteroatoms. The lowest BCUT2D eigenvalue weighted by atomic mass is 9.92. The van der Waals surface area contributed by atoms with Gasteiger partial charge >= 0.3 is 0 Å². The lowest BCUT2D eigenvalue weighted by molar-refractivity contribution is -0.136. The summed E-state index contributed by atoms with van der Waals surface area (Å²) in [7, 11) is 0. The number of allylic oxidation sites excluding steroid dienone is 2. The van der Waals surface area contributed by atoms with Crippen molar-refractivity contribution in [1.29, 1.82) is 0 Å². The summed E-state index contributed by atoms with van der Waals surface area (Å²) in [5.41, 5.74) is 5.11. The zero-order chi connectivity index (χ0) is 24.5. The Hall–Kier alpha value is -2.87. The number of hydrogen-bond acceptors (Lipinski definition) is 4. The first-order valence-corrected chi connectivity index (χ1v) is 12.4. The van der Waals surface area contributed by atoms with E-state index in [1.54, 1.807) is 11.7 Å². The highest BCUT2D eigenvalue weighted by atomic mass is 16.5. The van der Waals surface area contributed by atoms with Crippen LogP contribution in [0.4, 0.5) is 0 Å². The molecule has 0 unspecified atom stereocenters. The Labute approximate surface area is 201 Å². The van der Waals surface area contributed by atoms with Crippen molar-refractivity contribution >= 4 is 23.8 Å². The third-order valence-electron chi connectivity index (χ3n) is 6.50. The molecule has 0 fully saturated rings. The largest absolute Gasteiger partial charge is 0.351 e. The second-order valence-electron chi connectivity index (χ2n) is 9.74. The molecule has 0 saturated heterocycles. The van der Waals surface area contributed by atoms with Crippen LogP contribution in [-0.2, 0) is 33.8 Å². The first-order valence-electron chi connectivity index (χ1n) is 12.4. The van der Waals surface area contributed by atoms with Crippen LogP contribution >= 0.6 is 0 Å². The Kier molecular flexibility index (Phi) is 9.51. The van der Waals surface area contributed by atoms with Crippen molar-refractivity contribution in [2.45, 2.75) is 84.2 Å². The van der Waals surface area contributed by atoms with E-state index in [9.17, 15) is 14.4 Å². The van der Waals surface area contributed by atoms with Gasteiger partial charge in [-0.15, -0.1) is 0 Å². The first kappa shape index (κ1) is 25.7. The summed E-state index contributed by atoms with van der Waals surface area (Å²) in [6.45, 7) is 4.89. The Morgan fingerprint density at radius 2 is 2.03 bits per heavy atom. The fourth-order valence-corrected chi connectivity index (χ4v) is 4.83. The zero-order valence-corrected chi connectivity index (χ0v) is 20.3. The number of aromatic nitrogens is 1. The van der Waals surface area contributed by atoms with Gasteiger partial charge in [0.1, 0.15) is 6.04 Å². The van der Waals surface area contributed by atoms with Gasteiger partial charge in [0.15, 0.2) is 0 Å². The fourth-order valence-electron chi connectivity index (χ4n) is 4.83. The van der Waals surface area contributed by atoms with Crippen LogP contribution in [-0.4, -0.2) is 33.5 Å². The van der Waals surface area contributed by atoms with Crippen molar-refractivity contribution in [3.63, 3.8) is 0 Å². The average molecular weight is 471 g/mol. The molecular formula is C26H38N4O4. The summed E-state index contributed by atoms with van der Waals surface area (Å²) in [5, 5.41) is 14.7. The van der Waals surface area contributed by atoms with Crippen LogP contribution in [0.3, 0.4) is 0 Å². The molecule has 3 amide bonds. The highest BCUT2D eigenvalue weighted by Gasteiger charge is 2.29. The van der Waals surface area contributed by atoms with Crippen molar-refractivity contribution in [1.82, 2.24) is 20.7 Å². The van der Waals surface area contributed by atoms with Crippen LogP contribution in [0.15, 0.2) is 24.5 Å². The third-order valence-corrected chi connectivity index (χ3v) is 6.50. The standard InChI is InChI=1S/C26H38N4O4/c1-18(2)14-19(16-24(31)29-34)25(32)28-22-15-20-17-30(23-11-7-6-10-21(20)23)13-9-5-3-4-8-12-27-26(22)33/h6,8,10,12,17-19,22,34H,3-5,7,9,11,13-16H2,1-2H3,(H,27,33)(H,28,32)(H,29,31)/b12-8+/t19-,22+/m1/s1. The molecule has 2 atom stereocenters. The summed E-state index contributed by atoms with van der Waals surface area (Å²) >= 11 is 0. The van der Waals surface area contributed by atoms with E-state index in [1.165, 1.54) is 5.69 Å². The molecule has 2 bridgehead atoms. The quantitative estimate of drug-likeness (QED) is 0.378. The van der Waals surface area contributed by atoms with E-state index in [4.69, 9.17) is 5.21 Å². The molecule has 0 radical (unpaired) electrons. The van der Waals surface area contributed by atoms with Crippen molar-refractivity contribution in [3.05, 3.63) is 41.4 Å². The van der Waals surface area contributed by atoms with Gasteiger partial charge in [0.25, 0.3) is 0 Å². The Bertz CT molecular complexity index is 931. The highest BCUT2D eigenvalue weighted by molar-refractivity contribution is 5.91. The van der Waals surface area contributed by atoms with Crippen molar-refractivity contribution in [2.24, 2.45) is 11.8 Å². The molecule has 1 aliphatic heterocycles. The van der Waals surface area contributed by atoms with Crippen molar-refractivity contribution in [2.75, 3.05) is 0 Å². The molecule has 1 aromatic rings. The van der Waals surface area contributed by atoms with E-state index < -0.39 is 17.9 Å². The van der Waals surface area contributed by atoms with Crippen molar-refractivity contribution < 1.29 is 19.6 Å². The lowest BCUT2D eigenvalue weighted by Gasteiger charge is -2.23. The number of hydroxylamine groups is 1. The van der Waals surface area contributed by atoms with E-state index >= 15 is 0 Å². The minimum Gasteiger partial charge on any atom is -0.351 e. The van der Waals surface area contributed by atoms with Gasteiger partial charge in [-0.2, -0.15) is 0 Å². The number of nitrogens with one attached hydrogen (secondary N) is 3. The highest BCUT2D eigenvalue weighted by Crippen LogP contribution is 2.27. The SMILES string of the molecule is CC(C)C[C@H](CC(=O)NO)C(=O)N[C@H]1Cc2cn(c3c2C=CCC3)CCCCC/C=C/NC1=O. The first-order chi connectivity index (χ1) is 16.4. The Morgan fingerprint density at radius 3 is 2.79 bits per heavy atom. The van der Waals surface area contributed by atoms with E-state index in [1.807, 2.05) is 19.9 Å². The molecule has 0 saturated carbocycles. The summed E-state index contributed by atoms with van der Waals surface area (Å²) in [6, 6.07) is -0.776. The van der Waals surface area contributed by atoms with Gasteiger partial charge in [0.2, 0.25) is 17.7 Å². The van der Waals surface area contributed by atoms with Crippen LogP contribution in [0, 0.1) is 11.8 Å². The molecule has 3 rings (SSSR count). The smallest absolute Gasteiger partial charge is 0.246 e. The van der Waals surface area contributed by atoms with Crippen LogP contribution in [0.1, 0.15) is 75.6 Å². The summed E-state index contributed by atoms with van der Waals surface area (Å²) in [5.74, 6) is -1.71. The molecule has 34 heavy (non-hydrogen) atoms. The minimum atomic E-state index is -0.776. The summed E-state index contributed by atoms with van der Waals surface area (Å²) in [6.07, 6.45) is 16.9. The average Bonchev–Trinajstić information content (AvgIpc) is 3.16. The molecule has 4 N–H and O–H groups in total. The van der Waals surface area contributed by atoms with Gasteiger partial charge in [0, 0.05) is 37.2 Å². The number of aryl methyl sites for hydroxylation is 1. The Morgan fingerprint density at radius 1 is 1.21 bits per heavy atom. The van der Waals surface area contributed by atoms with Gasteiger partial charge in [-0.05, 0) is 61.8 Å². The molecular weight excluding hydrogens is 432 g/mol. The predicted molar refractivity (Wildman–Crippen MR) is 131 cm³/mol. The second kappa shape index (κ2) is 12.6. The number of fused-ring (bicyclic) bond motifs is 5. The van der Waals surface area contributed by atoms with E-state index in [0.717, 1.165) is 56.2 Å². The topological polar surface area (TPSA) is 112 Å². The van der Waals surface area contributed by atoms with Crippen LogP contribution in [0.2, 0.25) is 0 Å². The van der Waals surface area contributed by atoms with Gasteiger partial charge in [0.05, 0.1) is 0 Å². The summed E-state index contributed by atoms with van der Waals surface area (Å²) in [4.78, 5) is 38.1. The van der Waals surface area contributed by atoms with Crippen LogP contribution in [0.25, 0.3) is 6.08 Å². The lowest BCUT2D eigenvalue weighted by Crippen LogP contribution is -2.49. The maximum Gasteiger partial charge on any atom is 0.246 e. The molecule has 8 nitrogen and oxygen atoms in total. The number of nitrogens with zero attached hydrogens (tertiary/aromatic N) is 1. The number of rotatable bonds is 6. The second-order valence-corrected chi connectivity index (χ2v) is 9.74. The maximum absolute atomic E-state index is 13.2. The molecule has 186 valence electrons. The van der Waals surface area contributed by atoms with Crippen molar-refractivity contribution in [3.8, 4) is 0 Å². The van der Waals surface area contributed by atoms with E-state index in [0.29, 0.717) is 12.8 Å². The van der Waals surface area contributed by atoms with Gasteiger partial charge in [-0.25, -0.2) is 5.48 Å². The maximum atomic E-state index is 13.2. The van der Waals surface area contributed by atoms with Gasteiger partial charge < -0.3 is 15.2 Å². The number of carbonyl (C=O) groups excluding carboxylic acids is 3. The molecule has 0 spiro atoms. The molecule has 0 aromatic carbocycles.